The van der Waals surface area contributed by atoms with Gasteiger partial charge in [-0.2, -0.15) is 0 Å². The topological polar surface area (TPSA) is 16.4 Å². The molecule has 3 aromatic carbocycles. The van der Waals surface area contributed by atoms with Crippen molar-refractivity contribution >= 4 is 22.3 Å². The number of rotatable bonds is 3. The molecule has 1 heterocycles. The van der Waals surface area contributed by atoms with Gasteiger partial charge < -0.3 is 9.32 Å². The predicted octanol–water partition coefficient (Wildman–Crippen LogP) is 5.87. The van der Waals surface area contributed by atoms with Gasteiger partial charge in [0.1, 0.15) is 11.3 Å². The molecule has 23 heavy (non-hydrogen) atoms. The van der Waals surface area contributed by atoms with Crippen molar-refractivity contribution in [2.75, 3.05) is 11.9 Å². The van der Waals surface area contributed by atoms with Crippen LogP contribution in [0.4, 0.5) is 11.4 Å². The van der Waals surface area contributed by atoms with Crippen molar-refractivity contribution in [3.8, 4) is 11.3 Å². The molecule has 0 radical (unpaired) electrons. The van der Waals surface area contributed by atoms with Crippen LogP contribution in [0.1, 0.15) is 0 Å². The van der Waals surface area contributed by atoms with Crippen LogP contribution in [0, 0.1) is 0 Å². The van der Waals surface area contributed by atoms with E-state index >= 15 is 0 Å². The van der Waals surface area contributed by atoms with E-state index in [1.165, 1.54) is 5.69 Å². The van der Waals surface area contributed by atoms with Crippen LogP contribution in [0.3, 0.4) is 0 Å². The summed E-state index contributed by atoms with van der Waals surface area (Å²) >= 11 is 0. The van der Waals surface area contributed by atoms with Crippen LogP contribution in [0.5, 0.6) is 0 Å². The molecule has 0 aliphatic rings. The summed E-state index contributed by atoms with van der Waals surface area (Å²) in [5.41, 5.74) is 4.33. The summed E-state index contributed by atoms with van der Waals surface area (Å²) in [7, 11) is 2.07. The first kappa shape index (κ1) is 13.6. The molecule has 4 aromatic rings. The van der Waals surface area contributed by atoms with Gasteiger partial charge in [0.2, 0.25) is 0 Å². The van der Waals surface area contributed by atoms with E-state index in [-0.39, 0.29) is 0 Å². The van der Waals surface area contributed by atoms with Crippen molar-refractivity contribution in [1.82, 2.24) is 0 Å². The van der Waals surface area contributed by atoms with Crippen molar-refractivity contribution in [3.63, 3.8) is 0 Å². The molecule has 0 unspecified atom stereocenters. The van der Waals surface area contributed by atoms with Crippen molar-refractivity contribution in [1.29, 1.82) is 0 Å². The summed E-state index contributed by atoms with van der Waals surface area (Å²) in [5.74, 6) is 0.903. The van der Waals surface area contributed by atoms with E-state index in [2.05, 4.69) is 72.6 Å². The third-order valence-corrected chi connectivity index (χ3v) is 4.11. The molecule has 0 saturated carbocycles. The van der Waals surface area contributed by atoms with E-state index in [1.807, 2.05) is 24.3 Å². The highest BCUT2D eigenvalue weighted by Crippen LogP contribution is 2.30. The number of nitrogens with zero attached hydrogens (tertiary/aromatic N) is 1. The molecule has 0 saturated heterocycles. The number of furan rings is 1. The molecule has 0 fully saturated rings. The molecule has 2 heteroatoms. The highest BCUT2D eigenvalue weighted by Gasteiger charge is 2.07. The Labute approximate surface area is 135 Å². The number of anilines is 2. The Morgan fingerprint density at radius 2 is 1.35 bits per heavy atom. The van der Waals surface area contributed by atoms with E-state index in [1.54, 1.807) is 0 Å². The highest BCUT2D eigenvalue weighted by molar-refractivity contribution is 5.83. The Kier molecular flexibility index (Phi) is 3.35. The molecule has 0 spiro atoms. The number of hydrogen-bond donors (Lipinski definition) is 0. The fourth-order valence-corrected chi connectivity index (χ4v) is 2.77. The average molecular weight is 299 g/mol. The molecule has 4 rings (SSSR count). The van der Waals surface area contributed by atoms with Crippen LogP contribution < -0.4 is 4.90 Å². The minimum absolute atomic E-state index is 0.903. The zero-order chi connectivity index (χ0) is 15.6. The van der Waals surface area contributed by atoms with Crippen molar-refractivity contribution < 1.29 is 4.42 Å². The first-order valence-electron chi connectivity index (χ1n) is 7.69. The fourth-order valence-electron chi connectivity index (χ4n) is 2.77. The number of hydrogen-bond acceptors (Lipinski definition) is 2. The Morgan fingerprint density at radius 3 is 2.09 bits per heavy atom. The van der Waals surface area contributed by atoms with Gasteiger partial charge in [-0.1, -0.05) is 36.4 Å². The van der Waals surface area contributed by atoms with Gasteiger partial charge in [0.15, 0.2) is 0 Å². The molecular formula is C21H17NO. The molecule has 2 nitrogen and oxygen atoms in total. The van der Waals surface area contributed by atoms with Crippen LogP contribution in [0.15, 0.2) is 89.3 Å². The van der Waals surface area contributed by atoms with Crippen LogP contribution in [0.25, 0.3) is 22.3 Å². The third kappa shape index (κ3) is 2.59. The zero-order valence-electron chi connectivity index (χ0n) is 12.9. The summed E-state index contributed by atoms with van der Waals surface area (Å²) in [6, 6.07) is 29.0. The largest absolute Gasteiger partial charge is 0.456 e. The Hall–Kier alpha value is -3.00. The minimum Gasteiger partial charge on any atom is -0.456 e. The first-order valence-corrected chi connectivity index (χ1v) is 7.69. The van der Waals surface area contributed by atoms with Crippen LogP contribution in [-0.4, -0.2) is 7.05 Å². The summed E-state index contributed by atoms with van der Waals surface area (Å²) in [6.45, 7) is 0. The van der Waals surface area contributed by atoms with Crippen molar-refractivity contribution in [3.05, 3.63) is 84.9 Å². The second-order valence-corrected chi connectivity index (χ2v) is 5.59. The quantitative estimate of drug-likeness (QED) is 0.470. The van der Waals surface area contributed by atoms with Gasteiger partial charge in [-0.25, -0.2) is 0 Å². The maximum Gasteiger partial charge on any atom is 0.135 e. The maximum atomic E-state index is 5.93. The first-order chi connectivity index (χ1) is 11.3. The smallest absolute Gasteiger partial charge is 0.135 e. The third-order valence-electron chi connectivity index (χ3n) is 4.11. The maximum absolute atomic E-state index is 5.93. The lowest BCUT2D eigenvalue weighted by Gasteiger charge is -2.19. The van der Waals surface area contributed by atoms with Crippen molar-refractivity contribution in [2.24, 2.45) is 0 Å². The number of para-hydroxylation sites is 2. The van der Waals surface area contributed by atoms with Gasteiger partial charge in [0.25, 0.3) is 0 Å². The van der Waals surface area contributed by atoms with Crippen LogP contribution in [0.2, 0.25) is 0 Å². The van der Waals surface area contributed by atoms with E-state index in [0.29, 0.717) is 0 Å². The molecule has 0 amide bonds. The Balaban J connectivity index is 1.65. The van der Waals surface area contributed by atoms with E-state index in [9.17, 15) is 0 Å². The summed E-state index contributed by atoms with van der Waals surface area (Å²) in [6.07, 6.45) is 0. The van der Waals surface area contributed by atoms with Crippen LogP contribution >= 0.6 is 0 Å². The molecule has 0 aliphatic heterocycles. The molecule has 1 aromatic heterocycles. The minimum atomic E-state index is 0.903. The van der Waals surface area contributed by atoms with Crippen molar-refractivity contribution in [2.45, 2.75) is 0 Å². The molecule has 0 bridgehead atoms. The van der Waals surface area contributed by atoms with Gasteiger partial charge >= 0.3 is 0 Å². The van der Waals surface area contributed by atoms with Gasteiger partial charge in [-0.15, -0.1) is 0 Å². The summed E-state index contributed by atoms with van der Waals surface area (Å²) in [4.78, 5) is 2.17. The lowest BCUT2D eigenvalue weighted by Crippen LogP contribution is -2.08. The van der Waals surface area contributed by atoms with Gasteiger partial charge in [0, 0.05) is 29.4 Å². The lowest BCUT2D eigenvalue weighted by atomic mass is 10.1. The standard InChI is InChI=1S/C21H17NO/c1-22(18-8-3-2-4-9-18)19-13-11-16(12-14-19)21-15-17-7-5-6-10-20(17)23-21/h2-15H,1H3. The predicted molar refractivity (Wildman–Crippen MR) is 96.2 cm³/mol. The molecule has 0 aliphatic carbocycles. The van der Waals surface area contributed by atoms with E-state index in [4.69, 9.17) is 4.42 Å². The second kappa shape index (κ2) is 5.65. The van der Waals surface area contributed by atoms with E-state index < -0.39 is 0 Å². The lowest BCUT2D eigenvalue weighted by molar-refractivity contribution is 0.631. The normalized spacial score (nSPS) is 10.8. The number of fused-ring (bicyclic) bond motifs is 1. The zero-order valence-corrected chi connectivity index (χ0v) is 12.9. The molecule has 0 N–H and O–H groups in total. The van der Waals surface area contributed by atoms with Gasteiger partial charge in [0.05, 0.1) is 0 Å². The highest BCUT2D eigenvalue weighted by atomic mass is 16.3. The monoisotopic (exact) mass is 299 g/mol. The summed E-state index contributed by atoms with van der Waals surface area (Å²) < 4.78 is 5.93. The molecule has 112 valence electrons. The van der Waals surface area contributed by atoms with Gasteiger partial charge in [-0.3, -0.25) is 0 Å². The average Bonchev–Trinajstić information content (AvgIpc) is 3.06. The Bertz CT molecular complexity index is 890. The SMILES string of the molecule is CN(c1ccccc1)c1ccc(-c2cc3ccccc3o2)cc1. The molecule has 0 atom stereocenters. The van der Waals surface area contributed by atoms with Gasteiger partial charge in [-0.05, 0) is 48.5 Å². The second-order valence-electron chi connectivity index (χ2n) is 5.59. The van der Waals surface area contributed by atoms with E-state index in [0.717, 1.165) is 28.0 Å². The molecular weight excluding hydrogens is 282 g/mol. The Morgan fingerprint density at radius 1 is 0.696 bits per heavy atom. The number of benzene rings is 3. The van der Waals surface area contributed by atoms with Crippen LogP contribution in [-0.2, 0) is 0 Å². The fraction of sp³-hybridized carbons (Fsp3) is 0.0476. The summed E-state index contributed by atoms with van der Waals surface area (Å²) in [5, 5.41) is 1.13.